The smallest absolute Gasteiger partial charge is 0.348 e. The van der Waals surface area contributed by atoms with E-state index in [0.29, 0.717) is 32.0 Å². The van der Waals surface area contributed by atoms with Crippen LogP contribution in [-0.2, 0) is 16.1 Å². The van der Waals surface area contributed by atoms with Crippen molar-refractivity contribution in [2.45, 2.75) is 20.4 Å². The number of carbonyl (C=O) groups is 1. The largest absolute Gasteiger partial charge is 0.396 e. The first kappa shape index (κ1) is 15.2. The molecule has 1 aromatic rings. The number of hydrogen-bond acceptors (Lipinski definition) is 5. The minimum atomic E-state index is -0.398. The minimum absolute atomic E-state index is 0.00691. The van der Waals surface area contributed by atoms with Crippen LogP contribution < -0.4 is 5.69 Å². The van der Waals surface area contributed by atoms with Crippen molar-refractivity contribution in [2.75, 3.05) is 32.9 Å². The van der Waals surface area contributed by atoms with E-state index < -0.39 is 5.69 Å². The Kier molecular flexibility index (Phi) is 3.78. The molecule has 1 N–H and O–H groups in total. The van der Waals surface area contributed by atoms with Crippen molar-refractivity contribution in [1.82, 2.24) is 14.5 Å². The summed E-state index contributed by atoms with van der Waals surface area (Å²) in [6, 6.07) is 1.79. The van der Waals surface area contributed by atoms with Gasteiger partial charge in [0, 0.05) is 35.8 Å². The van der Waals surface area contributed by atoms with Gasteiger partial charge < -0.3 is 14.7 Å². The Labute approximate surface area is 128 Å². The average molecular weight is 307 g/mol. The van der Waals surface area contributed by atoms with Gasteiger partial charge >= 0.3 is 5.69 Å². The maximum absolute atomic E-state index is 12.5. The van der Waals surface area contributed by atoms with Crippen molar-refractivity contribution in [2.24, 2.45) is 11.3 Å². The van der Waals surface area contributed by atoms with E-state index >= 15 is 0 Å². The van der Waals surface area contributed by atoms with Crippen LogP contribution >= 0.6 is 0 Å². The van der Waals surface area contributed by atoms with Crippen LogP contribution in [-0.4, -0.2) is 58.4 Å². The molecule has 0 spiro atoms. The molecule has 2 atom stereocenters. The normalized spacial score (nSPS) is 27.2. The quantitative estimate of drug-likeness (QED) is 0.800. The lowest BCUT2D eigenvalue weighted by Gasteiger charge is -2.24. The van der Waals surface area contributed by atoms with Crippen molar-refractivity contribution in [3.05, 3.63) is 27.9 Å². The molecule has 2 saturated heterocycles. The summed E-state index contributed by atoms with van der Waals surface area (Å²) in [5.41, 5.74) is 0.649. The molecule has 0 aromatic carbocycles. The van der Waals surface area contributed by atoms with E-state index in [1.165, 1.54) is 4.57 Å². The van der Waals surface area contributed by atoms with Crippen LogP contribution in [0.4, 0.5) is 0 Å². The summed E-state index contributed by atoms with van der Waals surface area (Å²) in [7, 11) is 0. The van der Waals surface area contributed by atoms with Crippen molar-refractivity contribution in [3.8, 4) is 0 Å². The molecule has 2 fully saturated rings. The lowest BCUT2D eigenvalue weighted by molar-refractivity contribution is -0.131. The zero-order chi connectivity index (χ0) is 15.9. The highest BCUT2D eigenvalue weighted by Gasteiger charge is 2.51. The monoisotopic (exact) mass is 307 g/mol. The Morgan fingerprint density at radius 3 is 2.95 bits per heavy atom. The fourth-order valence-electron chi connectivity index (χ4n) is 3.45. The van der Waals surface area contributed by atoms with E-state index in [4.69, 9.17) is 4.74 Å². The van der Waals surface area contributed by atoms with Gasteiger partial charge in [-0.05, 0) is 19.9 Å². The van der Waals surface area contributed by atoms with Gasteiger partial charge in [0.05, 0.1) is 19.8 Å². The third-order valence-electron chi connectivity index (χ3n) is 4.83. The topological polar surface area (TPSA) is 84.7 Å². The second kappa shape index (κ2) is 5.48. The molecule has 22 heavy (non-hydrogen) atoms. The van der Waals surface area contributed by atoms with Crippen molar-refractivity contribution in [3.63, 3.8) is 0 Å². The molecular weight excluding hydrogens is 286 g/mol. The van der Waals surface area contributed by atoms with Gasteiger partial charge in [0.1, 0.15) is 6.54 Å². The summed E-state index contributed by atoms with van der Waals surface area (Å²) in [5.74, 6) is 0.0634. The van der Waals surface area contributed by atoms with Crippen LogP contribution in [0.15, 0.2) is 10.9 Å². The van der Waals surface area contributed by atoms with Gasteiger partial charge in [-0.15, -0.1) is 0 Å². The number of nitrogens with zero attached hydrogens (tertiary/aromatic N) is 3. The third kappa shape index (κ3) is 2.44. The molecule has 0 saturated carbocycles. The molecule has 3 rings (SSSR count). The first-order valence-corrected chi connectivity index (χ1v) is 7.47. The summed E-state index contributed by atoms with van der Waals surface area (Å²) in [4.78, 5) is 30.1. The van der Waals surface area contributed by atoms with Crippen LogP contribution in [0.5, 0.6) is 0 Å². The Bertz CT molecular complexity index is 657. The zero-order valence-corrected chi connectivity index (χ0v) is 12.9. The molecule has 120 valence electrons. The van der Waals surface area contributed by atoms with Gasteiger partial charge in [-0.2, -0.15) is 4.98 Å². The molecule has 2 aliphatic heterocycles. The molecule has 7 nitrogen and oxygen atoms in total. The third-order valence-corrected chi connectivity index (χ3v) is 4.83. The zero-order valence-electron chi connectivity index (χ0n) is 12.9. The summed E-state index contributed by atoms with van der Waals surface area (Å²) in [6.07, 6.45) is 0. The number of carbonyl (C=O) groups excluding carboxylic acids is 1. The Balaban J connectivity index is 1.76. The van der Waals surface area contributed by atoms with E-state index in [2.05, 4.69) is 4.98 Å². The second-order valence-electron chi connectivity index (χ2n) is 6.41. The first-order valence-electron chi connectivity index (χ1n) is 7.47. The molecule has 0 bridgehead atoms. The number of aliphatic hydroxyl groups excluding tert-OH is 1. The molecule has 3 heterocycles. The maximum atomic E-state index is 12.5. The summed E-state index contributed by atoms with van der Waals surface area (Å²) in [6.45, 7) is 5.70. The summed E-state index contributed by atoms with van der Waals surface area (Å²) < 4.78 is 6.83. The molecule has 1 aromatic heterocycles. The molecule has 7 heteroatoms. The summed E-state index contributed by atoms with van der Waals surface area (Å²) >= 11 is 0. The number of fused-ring (bicyclic) bond motifs is 1. The Hall–Kier alpha value is -1.73. The van der Waals surface area contributed by atoms with Crippen LogP contribution in [0.2, 0.25) is 0 Å². The highest BCUT2D eigenvalue weighted by molar-refractivity contribution is 5.76. The lowest BCUT2D eigenvalue weighted by atomic mass is 9.82. The predicted molar refractivity (Wildman–Crippen MR) is 78.4 cm³/mol. The first-order chi connectivity index (χ1) is 10.4. The van der Waals surface area contributed by atoms with Gasteiger partial charge in [-0.3, -0.25) is 9.36 Å². The standard InChI is InChI=1S/C15H21N3O4/c1-10-3-11(2)18(14(21)16-10)5-13(20)17-4-12-6-22-9-15(12,7-17)8-19/h3,12,19H,4-9H2,1-2H3/t12-,15-/m0/s1. The van der Waals surface area contributed by atoms with E-state index in [0.717, 1.165) is 5.69 Å². The van der Waals surface area contributed by atoms with E-state index in [1.807, 2.05) is 0 Å². The molecule has 0 aliphatic carbocycles. The number of ether oxygens (including phenoxy) is 1. The van der Waals surface area contributed by atoms with Crippen LogP contribution in [0, 0.1) is 25.2 Å². The van der Waals surface area contributed by atoms with Crippen molar-refractivity contribution in [1.29, 1.82) is 0 Å². The number of aryl methyl sites for hydroxylation is 2. The molecule has 0 radical (unpaired) electrons. The molecule has 2 aliphatic rings. The Morgan fingerprint density at radius 1 is 1.55 bits per heavy atom. The average Bonchev–Trinajstić information content (AvgIpc) is 2.99. The number of likely N-dealkylation sites (tertiary alicyclic amines) is 1. The molecule has 0 unspecified atom stereocenters. The van der Waals surface area contributed by atoms with Gasteiger partial charge in [-0.25, -0.2) is 4.79 Å². The fraction of sp³-hybridized carbons (Fsp3) is 0.667. The van der Waals surface area contributed by atoms with Crippen LogP contribution in [0.3, 0.4) is 0 Å². The Morgan fingerprint density at radius 2 is 2.32 bits per heavy atom. The number of hydrogen-bond donors (Lipinski definition) is 1. The van der Waals surface area contributed by atoms with Gasteiger partial charge in [-0.1, -0.05) is 0 Å². The predicted octanol–water partition coefficient (Wildman–Crippen LogP) is -0.673. The number of aromatic nitrogens is 2. The van der Waals surface area contributed by atoms with E-state index in [1.54, 1.807) is 24.8 Å². The lowest BCUT2D eigenvalue weighted by Crippen LogP contribution is -2.39. The molecular formula is C15H21N3O4. The van der Waals surface area contributed by atoms with Crippen LogP contribution in [0.1, 0.15) is 11.4 Å². The van der Waals surface area contributed by atoms with Gasteiger partial charge in [0.25, 0.3) is 0 Å². The second-order valence-corrected chi connectivity index (χ2v) is 6.41. The van der Waals surface area contributed by atoms with Crippen molar-refractivity contribution < 1.29 is 14.6 Å². The number of rotatable bonds is 3. The van der Waals surface area contributed by atoms with Crippen LogP contribution in [0.25, 0.3) is 0 Å². The number of aliphatic hydroxyl groups is 1. The van der Waals surface area contributed by atoms with Gasteiger partial charge in [0.15, 0.2) is 0 Å². The van der Waals surface area contributed by atoms with E-state index in [-0.39, 0.29) is 30.4 Å². The van der Waals surface area contributed by atoms with Gasteiger partial charge in [0.2, 0.25) is 5.91 Å². The maximum Gasteiger partial charge on any atom is 0.348 e. The summed E-state index contributed by atoms with van der Waals surface area (Å²) in [5, 5.41) is 9.65. The highest BCUT2D eigenvalue weighted by atomic mass is 16.5. The number of amides is 1. The molecule has 1 amide bonds. The minimum Gasteiger partial charge on any atom is -0.396 e. The van der Waals surface area contributed by atoms with E-state index in [9.17, 15) is 14.7 Å². The van der Waals surface area contributed by atoms with Crippen molar-refractivity contribution >= 4 is 5.91 Å². The highest BCUT2D eigenvalue weighted by Crippen LogP contribution is 2.40. The SMILES string of the molecule is Cc1cc(C)n(CC(=O)N2C[C@H]3COC[C@@]3(CO)C2)c(=O)n1. The fourth-order valence-corrected chi connectivity index (χ4v) is 3.45.